The number of benzene rings is 1. The normalized spacial score (nSPS) is 10.5. The van der Waals surface area contributed by atoms with E-state index in [1.54, 1.807) is 6.07 Å². The predicted molar refractivity (Wildman–Crippen MR) is 80.6 cm³/mol. The fourth-order valence-corrected chi connectivity index (χ4v) is 2.44. The molecule has 21 heavy (non-hydrogen) atoms. The second kappa shape index (κ2) is 5.88. The summed E-state index contributed by atoms with van der Waals surface area (Å²) in [4.78, 5) is 12.5. The first-order valence-electron chi connectivity index (χ1n) is 6.43. The summed E-state index contributed by atoms with van der Waals surface area (Å²) in [5.41, 5.74) is 2.29. The molecule has 0 saturated carbocycles. The first-order chi connectivity index (χ1) is 10.2. The van der Waals surface area contributed by atoms with Gasteiger partial charge in [-0.2, -0.15) is 0 Å². The average Bonchev–Trinajstić information content (AvgIpc) is 3.13. The molecule has 0 saturated heterocycles. The highest BCUT2D eigenvalue weighted by molar-refractivity contribution is 7.12. The topological polar surface area (TPSA) is 68.0 Å². The standard InChI is InChI=1S/C15H13N3O2S/c1-10-4-6-11(7-5-10)9-13-17-18-15(20-13)16-14(19)12-3-2-8-21-12/h2-8H,9H2,1H3,(H,16,18,19). The van der Waals surface area contributed by atoms with Crippen molar-refractivity contribution < 1.29 is 9.21 Å². The van der Waals surface area contributed by atoms with E-state index in [0.717, 1.165) is 5.56 Å². The summed E-state index contributed by atoms with van der Waals surface area (Å²) in [7, 11) is 0. The molecule has 2 aromatic heterocycles. The SMILES string of the molecule is Cc1ccc(Cc2nnc(NC(=O)c3cccs3)o2)cc1. The molecule has 5 nitrogen and oxygen atoms in total. The lowest BCUT2D eigenvalue weighted by Gasteiger charge is -1.98. The van der Waals surface area contributed by atoms with E-state index in [4.69, 9.17) is 4.42 Å². The number of anilines is 1. The zero-order chi connectivity index (χ0) is 14.7. The van der Waals surface area contributed by atoms with E-state index in [1.165, 1.54) is 16.9 Å². The highest BCUT2D eigenvalue weighted by atomic mass is 32.1. The second-order valence-corrected chi connectivity index (χ2v) is 5.54. The van der Waals surface area contributed by atoms with Gasteiger partial charge in [0.2, 0.25) is 5.89 Å². The Bertz CT molecular complexity index is 733. The van der Waals surface area contributed by atoms with Gasteiger partial charge in [0.25, 0.3) is 5.91 Å². The molecule has 0 radical (unpaired) electrons. The molecule has 0 unspecified atom stereocenters. The van der Waals surface area contributed by atoms with Crippen molar-refractivity contribution in [3.05, 3.63) is 63.7 Å². The van der Waals surface area contributed by atoms with E-state index in [2.05, 4.69) is 15.5 Å². The molecule has 1 amide bonds. The van der Waals surface area contributed by atoms with Gasteiger partial charge in [-0.15, -0.1) is 16.4 Å². The van der Waals surface area contributed by atoms with Crippen LogP contribution in [0.2, 0.25) is 0 Å². The maximum absolute atomic E-state index is 11.9. The van der Waals surface area contributed by atoms with E-state index in [9.17, 15) is 4.79 Å². The number of amides is 1. The van der Waals surface area contributed by atoms with Crippen LogP contribution in [0, 0.1) is 6.92 Å². The first kappa shape index (κ1) is 13.5. The zero-order valence-electron chi connectivity index (χ0n) is 11.4. The van der Waals surface area contributed by atoms with Gasteiger partial charge < -0.3 is 4.42 Å². The number of aryl methyl sites for hydroxylation is 1. The quantitative estimate of drug-likeness (QED) is 0.802. The number of carbonyl (C=O) groups excluding carboxylic acids is 1. The number of rotatable bonds is 4. The van der Waals surface area contributed by atoms with Gasteiger partial charge in [0.05, 0.1) is 11.3 Å². The van der Waals surface area contributed by atoms with Gasteiger partial charge in [-0.3, -0.25) is 10.1 Å². The molecule has 3 aromatic rings. The van der Waals surface area contributed by atoms with Gasteiger partial charge in [-0.25, -0.2) is 0 Å². The molecule has 0 fully saturated rings. The molecule has 3 rings (SSSR count). The Kier molecular flexibility index (Phi) is 3.79. The Balaban J connectivity index is 1.66. The van der Waals surface area contributed by atoms with E-state index >= 15 is 0 Å². The Hall–Kier alpha value is -2.47. The molecule has 1 aromatic carbocycles. The van der Waals surface area contributed by atoms with Crippen molar-refractivity contribution in [3.8, 4) is 0 Å². The summed E-state index contributed by atoms with van der Waals surface area (Å²) >= 11 is 1.36. The molecular formula is C15H13N3O2S. The maximum Gasteiger partial charge on any atom is 0.322 e. The van der Waals surface area contributed by atoms with Crippen LogP contribution in [0.1, 0.15) is 26.7 Å². The zero-order valence-corrected chi connectivity index (χ0v) is 12.2. The number of nitrogens with zero attached hydrogens (tertiary/aromatic N) is 2. The van der Waals surface area contributed by atoms with Crippen molar-refractivity contribution in [2.24, 2.45) is 0 Å². The fraction of sp³-hybridized carbons (Fsp3) is 0.133. The third-order valence-electron chi connectivity index (χ3n) is 2.91. The first-order valence-corrected chi connectivity index (χ1v) is 7.31. The lowest BCUT2D eigenvalue weighted by atomic mass is 10.1. The Morgan fingerprint density at radius 3 is 2.76 bits per heavy atom. The molecule has 6 heteroatoms. The number of thiophene rings is 1. The Morgan fingerprint density at radius 1 is 1.24 bits per heavy atom. The molecule has 106 valence electrons. The third-order valence-corrected chi connectivity index (χ3v) is 3.78. The summed E-state index contributed by atoms with van der Waals surface area (Å²) in [6, 6.07) is 11.8. The van der Waals surface area contributed by atoms with Crippen molar-refractivity contribution >= 4 is 23.3 Å². The highest BCUT2D eigenvalue weighted by Crippen LogP contribution is 2.14. The van der Waals surface area contributed by atoms with E-state index in [0.29, 0.717) is 17.2 Å². The second-order valence-electron chi connectivity index (χ2n) is 4.59. The summed E-state index contributed by atoms with van der Waals surface area (Å²) in [5, 5.41) is 12.2. The van der Waals surface area contributed by atoms with Crippen molar-refractivity contribution in [3.63, 3.8) is 0 Å². The van der Waals surface area contributed by atoms with Gasteiger partial charge >= 0.3 is 6.01 Å². The maximum atomic E-state index is 11.9. The molecule has 0 spiro atoms. The van der Waals surface area contributed by atoms with Gasteiger partial charge in [0.1, 0.15) is 0 Å². The lowest BCUT2D eigenvalue weighted by Crippen LogP contribution is -2.10. The van der Waals surface area contributed by atoms with Crippen LogP contribution in [0.3, 0.4) is 0 Å². The van der Waals surface area contributed by atoms with Crippen LogP contribution in [-0.4, -0.2) is 16.1 Å². The van der Waals surface area contributed by atoms with E-state index in [-0.39, 0.29) is 11.9 Å². The van der Waals surface area contributed by atoms with Gasteiger partial charge in [-0.05, 0) is 23.9 Å². The van der Waals surface area contributed by atoms with Crippen LogP contribution in [0.4, 0.5) is 6.01 Å². The van der Waals surface area contributed by atoms with Gasteiger partial charge in [-0.1, -0.05) is 41.0 Å². The molecule has 0 aliphatic heterocycles. The Morgan fingerprint density at radius 2 is 2.05 bits per heavy atom. The smallest absolute Gasteiger partial charge is 0.322 e. The van der Waals surface area contributed by atoms with E-state index in [1.807, 2.05) is 42.6 Å². The summed E-state index contributed by atoms with van der Waals surface area (Å²) in [6.45, 7) is 2.04. The minimum absolute atomic E-state index is 0.121. The van der Waals surface area contributed by atoms with Crippen LogP contribution < -0.4 is 5.32 Å². The van der Waals surface area contributed by atoms with Gasteiger partial charge in [0, 0.05) is 0 Å². The van der Waals surface area contributed by atoms with Crippen molar-refractivity contribution in [2.45, 2.75) is 13.3 Å². The monoisotopic (exact) mass is 299 g/mol. The van der Waals surface area contributed by atoms with Crippen LogP contribution in [0.5, 0.6) is 0 Å². The fourth-order valence-electron chi connectivity index (χ4n) is 1.82. The summed E-state index contributed by atoms with van der Waals surface area (Å²) in [6.07, 6.45) is 0.544. The molecule has 0 bridgehead atoms. The molecule has 2 heterocycles. The van der Waals surface area contributed by atoms with Crippen LogP contribution in [0.15, 0.2) is 46.2 Å². The lowest BCUT2D eigenvalue weighted by molar-refractivity contribution is 0.102. The number of hydrogen-bond donors (Lipinski definition) is 1. The highest BCUT2D eigenvalue weighted by Gasteiger charge is 2.12. The van der Waals surface area contributed by atoms with Crippen molar-refractivity contribution in [1.82, 2.24) is 10.2 Å². The number of aromatic nitrogens is 2. The summed E-state index contributed by atoms with van der Waals surface area (Å²) in [5.74, 6) is 0.232. The van der Waals surface area contributed by atoms with Gasteiger partial charge in [0.15, 0.2) is 0 Å². The number of carbonyl (C=O) groups is 1. The van der Waals surface area contributed by atoms with Crippen molar-refractivity contribution in [1.29, 1.82) is 0 Å². The Labute approximate surface area is 125 Å². The minimum atomic E-state index is -0.240. The molecule has 0 atom stereocenters. The molecular weight excluding hydrogens is 286 g/mol. The van der Waals surface area contributed by atoms with Crippen LogP contribution in [-0.2, 0) is 6.42 Å². The number of hydrogen-bond acceptors (Lipinski definition) is 5. The largest absolute Gasteiger partial charge is 0.407 e. The van der Waals surface area contributed by atoms with Crippen LogP contribution in [0.25, 0.3) is 0 Å². The molecule has 1 N–H and O–H groups in total. The van der Waals surface area contributed by atoms with Crippen LogP contribution >= 0.6 is 11.3 Å². The predicted octanol–water partition coefficient (Wildman–Crippen LogP) is 3.28. The average molecular weight is 299 g/mol. The van der Waals surface area contributed by atoms with E-state index < -0.39 is 0 Å². The summed E-state index contributed by atoms with van der Waals surface area (Å²) < 4.78 is 5.44. The number of nitrogens with one attached hydrogen (secondary N) is 1. The third kappa shape index (κ3) is 3.35. The molecule has 0 aliphatic carbocycles. The molecule has 0 aliphatic rings. The minimum Gasteiger partial charge on any atom is -0.407 e. The van der Waals surface area contributed by atoms with Crippen molar-refractivity contribution in [2.75, 3.05) is 5.32 Å².